The molecule has 0 spiro atoms. The molecule has 0 saturated carbocycles. The van der Waals surface area contributed by atoms with E-state index in [-0.39, 0.29) is 11.4 Å². The maximum atomic E-state index is 13.1. The monoisotopic (exact) mass is 410 g/mol. The van der Waals surface area contributed by atoms with Crippen LogP contribution < -0.4 is 5.32 Å². The fourth-order valence-electron chi connectivity index (χ4n) is 1.52. The summed E-state index contributed by atoms with van der Waals surface area (Å²) in [5.41, 5.74) is -1.78. The molecule has 0 bridgehead atoms. The minimum atomic E-state index is -4.86. The van der Waals surface area contributed by atoms with E-state index in [1.165, 1.54) is 12.3 Å². The lowest BCUT2D eigenvalue weighted by atomic mass is 10.1. The van der Waals surface area contributed by atoms with Crippen molar-refractivity contribution in [2.75, 3.05) is 5.32 Å². The summed E-state index contributed by atoms with van der Waals surface area (Å²) in [7, 11) is 0. The predicted molar refractivity (Wildman–Crippen MR) is 76.3 cm³/mol. The van der Waals surface area contributed by atoms with Gasteiger partial charge in [0, 0.05) is 15.3 Å². The summed E-state index contributed by atoms with van der Waals surface area (Å²) in [4.78, 5) is 15.7. The van der Waals surface area contributed by atoms with Gasteiger partial charge >= 0.3 is 6.18 Å². The van der Waals surface area contributed by atoms with E-state index in [2.05, 4.69) is 10.3 Å². The average Bonchev–Trinajstić information content (AvgIpc) is 2.40. The number of nitrogens with one attached hydrogen (secondary N) is 1. The zero-order chi connectivity index (χ0) is 15.6. The Hall–Kier alpha value is -1.71. The highest BCUT2D eigenvalue weighted by atomic mass is 127. The lowest BCUT2D eigenvalue weighted by Crippen LogP contribution is -2.15. The Kier molecular flexibility index (Phi) is 4.45. The van der Waals surface area contributed by atoms with E-state index in [1.807, 2.05) is 22.6 Å². The fraction of sp³-hybridized carbons (Fsp3) is 0.0769. The van der Waals surface area contributed by atoms with Gasteiger partial charge < -0.3 is 5.32 Å². The van der Waals surface area contributed by atoms with Gasteiger partial charge in [0.05, 0.1) is 5.56 Å². The summed E-state index contributed by atoms with van der Waals surface area (Å²) < 4.78 is 51.7. The molecule has 2 aromatic rings. The van der Waals surface area contributed by atoms with Crippen LogP contribution in [0.1, 0.15) is 15.9 Å². The van der Waals surface area contributed by atoms with Crippen molar-refractivity contribution < 1.29 is 22.4 Å². The van der Waals surface area contributed by atoms with Gasteiger partial charge in [-0.1, -0.05) is 0 Å². The number of alkyl halides is 3. The van der Waals surface area contributed by atoms with Crippen LogP contribution in [0.4, 0.5) is 23.4 Å². The van der Waals surface area contributed by atoms with E-state index in [1.54, 1.807) is 6.07 Å². The van der Waals surface area contributed by atoms with E-state index < -0.39 is 23.5 Å². The van der Waals surface area contributed by atoms with Gasteiger partial charge in [-0.05, 0) is 52.9 Å². The molecule has 2 rings (SSSR count). The molecule has 0 atom stereocenters. The molecule has 0 saturated heterocycles. The summed E-state index contributed by atoms with van der Waals surface area (Å²) in [5.74, 6) is -2.03. The Morgan fingerprint density at radius 1 is 1.19 bits per heavy atom. The Morgan fingerprint density at radius 2 is 1.90 bits per heavy atom. The lowest BCUT2D eigenvalue weighted by molar-refractivity contribution is -0.140. The third-order valence-electron chi connectivity index (χ3n) is 2.50. The van der Waals surface area contributed by atoms with Crippen LogP contribution in [0.15, 0.2) is 36.5 Å². The number of aromatic nitrogens is 1. The molecule has 1 heterocycles. The van der Waals surface area contributed by atoms with Crippen LogP contribution in [0, 0.1) is 9.39 Å². The number of halogens is 5. The smallest absolute Gasteiger partial charge is 0.307 e. The second-order valence-corrected chi connectivity index (χ2v) is 5.25. The van der Waals surface area contributed by atoms with Crippen LogP contribution in [-0.4, -0.2) is 10.9 Å². The topological polar surface area (TPSA) is 42.0 Å². The minimum absolute atomic E-state index is 0.193. The van der Waals surface area contributed by atoms with E-state index in [0.717, 1.165) is 9.64 Å². The third-order valence-corrected chi connectivity index (χ3v) is 3.14. The maximum absolute atomic E-state index is 13.1. The van der Waals surface area contributed by atoms with Crippen molar-refractivity contribution in [3.05, 3.63) is 57.0 Å². The number of carbonyl (C=O) groups excluding carboxylic acids is 1. The summed E-state index contributed by atoms with van der Waals surface area (Å²) in [6.07, 6.45) is -3.37. The normalized spacial score (nSPS) is 11.3. The molecule has 8 heteroatoms. The molecule has 0 aliphatic heterocycles. The van der Waals surface area contributed by atoms with Crippen molar-refractivity contribution >= 4 is 34.3 Å². The molecule has 1 amide bonds. The third kappa shape index (κ3) is 3.90. The first kappa shape index (κ1) is 15.7. The predicted octanol–water partition coefficient (Wildman–Crippen LogP) is 4.10. The number of carbonyl (C=O) groups is 1. The van der Waals surface area contributed by atoms with Crippen LogP contribution in [0.5, 0.6) is 0 Å². The molecule has 0 fully saturated rings. The Labute approximate surface area is 130 Å². The van der Waals surface area contributed by atoms with Gasteiger partial charge in [-0.15, -0.1) is 0 Å². The summed E-state index contributed by atoms with van der Waals surface area (Å²) in [5, 5.41) is 2.34. The van der Waals surface area contributed by atoms with Crippen LogP contribution in [0.25, 0.3) is 0 Å². The van der Waals surface area contributed by atoms with Crippen molar-refractivity contribution in [1.29, 1.82) is 0 Å². The number of anilines is 1. The van der Waals surface area contributed by atoms with Crippen molar-refractivity contribution in [2.24, 2.45) is 0 Å². The van der Waals surface area contributed by atoms with Crippen molar-refractivity contribution in [1.82, 2.24) is 4.98 Å². The van der Waals surface area contributed by atoms with Gasteiger partial charge in [-0.2, -0.15) is 13.2 Å². The van der Waals surface area contributed by atoms with E-state index >= 15 is 0 Å². The number of benzene rings is 1. The number of rotatable bonds is 2. The van der Waals surface area contributed by atoms with Crippen LogP contribution >= 0.6 is 22.6 Å². The maximum Gasteiger partial charge on any atom is 0.419 e. The highest BCUT2D eigenvalue weighted by molar-refractivity contribution is 14.1. The Bertz CT molecular complexity index is 671. The van der Waals surface area contributed by atoms with Crippen LogP contribution in [0.2, 0.25) is 0 Å². The number of nitrogens with zero attached hydrogens (tertiary/aromatic N) is 1. The molecule has 1 aromatic heterocycles. The number of hydrogen-bond donors (Lipinski definition) is 1. The van der Waals surface area contributed by atoms with Gasteiger partial charge in [0.25, 0.3) is 5.91 Å². The number of pyridine rings is 1. The molecule has 3 nitrogen and oxygen atoms in total. The van der Waals surface area contributed by atoms with Crippen molar-refractivity contribution in [2.45, 2.75) is 6.18 Å². The second kappa shape index (κ2) is 5.96. The highest BCUT2D eigenvalue weighted by Gasteiger charge is 2.34. The molecule has 0 unspecified atom stereocenters. The molecule has 0 aliphatic rings. The van der Waals surface area contributed by atoms with Gasteiger partial charge in [0.15, 0.2) is 0 Å². The molecular formula is C13H7F4IN2O. The minimum Gasteiger partial charge on any atom is -0.307 e. The molecule has 21 heavy (non-hydrogen) atoms. The van der Waals surface area contributed by atoms with E-state index in [4.69, 9.17) is 0 Å². The highest BCUT2D eigenvalue weighted by Crippen LogP contribution is 2.32. The summed E-state index contributed by atoms with van der Waals surface area (Å²) >= 11 is 2.02. The first-order chi connectivity index (χ1) is 9.77. The summed E-state index contributed by atoms with van der Waals surface area (Å²) in [6, 6.07) is 5.24. The van der Waals surface area contributed by atoms with Gasteiger partial charge in [0.2, 0.25) is 0 Å². The van der Waals surface area contributed by atoms with Crippen LogP contribution in [0.3, 0.4) is 0 Å². The fourth-order valence-corrected chi connectivity index (χ4v) is 1.84. The quantitative estimate of drug-likeness (QED) is 0.599. The van der Waals surface area contributed by atoms with E-state index in [9.17, 15) is 22.4 Å². The van der Waals surface area contributed by atoms with Gasteiger partial charge in [-0.3, -0.25) is 4.79 Å². The van der Waals surface area contributed by atoms with E-state index in [0.29, 0.717) is 12.1 Å². The number of hydrogen-bond acceptors (Lipinski definition) is 2. The average molecular weight is 410 g/mol. The molecule has 1 N–H and O–H groups in total. The SMILES string of the molecule is O=C(Nc1ccc(I)cn1)c1ccc(F)c(C(F)(F)F)c1. The molecule has 1 aromatic carbocycles. The standard InChI is InChI=1S/C13H7F4IN2O/c14-10-3-1-7(5-9(10)13(15,16)17)12(21)20-11-4-2-8(18)6-19-11/h1-6H,(H,19,20,21). The molecule has 0 aliphatic carbocycles. The van der Waals surface area contributed by atoms with Crippen molar-refractivity contribution in [3.8, 4) is 0 Å². The van der Waals surface area contributed by atoms with Crippen molar-refractivity contribution in [3.63, 3.8) is 0 Å². The number of amides is 1. The van der Waals surface area contributed by atoms with Gasteiger partial charge in [0.1, 0.15) is 11.6 Å². The summed E-state index contributed by atoms with van der Waals surface area (Å²) in [6.45, 7) is 0. The molecule has 110 valence electrons. The first-order valence-electron chi connectivity index (χ1n) is 5.57. The van der Waals surface area contributed by atoms with Gasteiger partial charge in [-0.25, -0.2) is 9.37 Å². The largest absolute Gasteiger partial charge is 0.419 e. The lowest BCUT2D eigenvalue weighted by Gasteiger charge is -2.10. The second-order valence-electron chi connectivity index (χ2n) is 4.01. The Morgan fingerprint density at radius 3 is 2.48 bits per heavy atom. The zero-order valence-corrected chi connectivity index (χ0v) is 12.4. The molecular weight excluding hydrogens is 403 g/mol. The van der Waals surface area contributed by atoms with Crippen LogP contribution in [-0.2, 0) is 6.18 Å². The Balaban J connectivity index is 2.25. The first-order valence-corrected chi connectivity index (χ1v) is 6.65. The zero-order valence-electron chi connectivity index (χ0n) is 10.2. The molecule has 0 radical (unpaired) electrons.